The summed E-state index contributed by atoms with van der Waals surface area (Å²) in [5, 5.41) is 2.48. The molecule has 0 radical (unpaired) electrons. The lowest BCUT2D eigenvalue weighted by Gasteiger charge is -2.22. The smallest absolute Gasteiger partial charge is 0.255 e. The van der Waals surface area contributed by atoms with E-state index in [0.717, 1.165) is 12.1 Å². The molecule has 25 heavy (non-hydrogen) atoms. The van der Waals surface area contributed by atoms with E-state index in [1.54, 1.807) is 6.92 Å². The Labute approximate surface area is 148 Å². The van der Waals surface area contributed by atoms with E-state index in [4.69, 9.17) is 17.3 Å². The van der Waals surface area contributed by atoms with Gasteiger partial charge in [0, 0.05) is 16.8 Å². The lowest BCUT2D eigenvalue weighted by atomic mass is 9.82. The number of halogens is 3. The normalized spacial score (nSPS) is 18.7. The summed E-state index contributed by atoms with van der Waals surface area (Å²) in [6.07, 6.45) is 0.695. The van der Waals surface area contributed by atoms with Crippen LogP contribution in [0.15, 0.2) is 30.3 Å². The van der Waals surface area contributed by atoms with Crippen LogP contribution in [0.5, 0.6) is 0 Å². The summed E-state index contributed by atoms with van der Waals surface area (Å²) in [4.78, 5) is 24.4. The van der Waals surface area contributed by atoms with Gasteiger partial charge in [0.15, 0.2) is 0 Å². The molecule has 1 aliphatic carbocycles. The van der Waals surface area contributed by atoms with Gasteiger partial charge in [-0.05, 0) is 55.7 Å². The molecular weight excluding hydrogens is 350 g/mol. The highest BCUT2D eigenvalue weighted by atomic mass is 35.5. The van der Waals surface area contributed by atoms with E-state index >= 15 is 0 Å². The van der Waals surface area contributed by atoms with Crippen molar-refractivity contribution in [1.29, 1.82) is 0 Å². The quantitative estimate of drug-likeness (QED) is 0.874. The maximum atomic E-state index is 14.3. The number of hydrogen-bond acceptors (Lipinski definition) is 2. The van der Waals surface area contributed by atoms with E-state index < -0.39 is 28.9 Å². The molecule has 0 aliphatic heterocycles. The summed E-state index contributed by atoms with van der Waals surface area (Å²) in [6, 6.07) is 6.30. The van der Waals surface area contributed by atoms with Crippen molar-refractivity contribution in [3.05, 3.63) is 63.7 Å². The van der Waals surface area contributed by atoms with Gasteiger partial charge in [0.05, 0.1) is 10.4 Å². The largest absolute Gasteiger partial charge is 0.369 e. The fourth-order valence-electron chi connectivity index (χ4n) is 3.21. The molecule has 1 unspecified atom stereocenters. The minimum Gasteiger partial charge on any atom is -0.369 e. The number of nitrogens with one attached hydrogen (secondary N) is 1. The molecule has 0 bridgehead atoms. The fourth-order valence-corrected chi connectivity index (χ4v) is 3.39. The van der Waals surface area contributed by atoms with E-state index in [0.29, 0.717) is 24.1 Å². The third-order valence-electron chi connectivity index (χ3n) is 4.65. The molecule has 0 saturated carbocycles. The van der Waals surface area contributed by atoms with Crippen molar-refractivity contribution >= 4 is 29.1 Å². The molecule has 1 aliphatic rings. The number of fused-ring (bicyclic) bond motifs is 1. The number of carbonyl (C=O) groups is 2. The van der Waals surface area contributed by atoms with E-state index in [9.17, 15) is 18.4 Å². The van der Waals surface area contributed by atoms with Crippen LogP contribution in [0.4, 0.5) is 14.5 Å². The van der Waals surface area contributed by atoms with Crippen molar-refractivity contribution in [2.75, 3.05) is 5.32 Å². The van der Waals surface area contributed by atoms with Gasteiger partial charge < -0.3 is 11.1 Å². The average molecular weight is 365 g/mol. The first-order valence-electron chi connectivity index (χ1n) is 7.62. The zero-order chi connectivity index (χ0) is 18.4. The molecule has 3 N–H and O–H groups in total. The van der Waals surface area contributed by atoms with Crippen molar-refractivity contribution < 1.29 is 18.4 Å². The summed E-state index contributed by atoms with van der Waals surface area (Å²) in [5.41, 5.74) is 5.49. The number of rotatable bonds is 3. The van der Waals surface area contributed by atoms with Crippen LogP contribution in [0, 0.1) is 11.6 Å². The monoisotopic (exact) mass is 364 g/mol. The second-order valence-electron chi connectivity index (χ2n) is 6.23. The Morgan fingerprint density at radius 1 is 1.20 bits per heavy atom. The molecule has 0 heterocycles. The summed E-state index contributed by atoms with van der Waals surface area (Å²) in [5.74, 6) is -2.28. The molecule has 3 rings (SSSR count). The van der Waals surface area contributed by atoms with Crippen LogP contribution in [0.2, 0.25) is 5.02 Å². The average Bonchev–Trinajstić information content (AvgIpc) is 2.91. The summed E-state index contributed by atoms with van der Waals surface area (Å²) in [6.45, 7) is 1.58. The lowest BCUT2D eigenvalue weighted by molar-refractivity contribution is -0.123. The van der Waals surface area contributed by atoms with Crippen molar-refractivity contribution in [2.24, 2.45) is 5.73 Å². The third-order valence-corrected chi connectivity index (χ3v) is 4.94. The van der Waals surface area contributed by atoms with Gasteiger partial charge in [0.1, 0.15) is 11.6 Å². The SMILES string of the molecule is CC1(C(N)=O)CCc2c(C(=O)Nc3ccc(F)c(Cl)c3)ccc(F)c21. The number of amides is 2. The van der Waals surface area contributed by atoms with Gasteiger partial charge in [0.25, 0.3) is 5.91 Å². The van der Waals surface area contributed by atoms with E-state index in [-0.39, 0.29) is 16.1 Å². The van der Waals surface area contributed by atoms with Crippen LogP contribution in [0.1, 0.15) is 34.8 Å². The molecule has 0 spiro atoms. The molecule has 0 fully saturated rings. The van der Waals surface area contributed by atoms with Gasteiger partial charge >= 0.3 is 0 Å². The minimum absolute atomic E-state index is 0.122. The molecule has 1 atom stereocenters. The predicted octanol–water partition coefficient (Wildman–Crippen LogP) is 3.56. The zero-order valence-corrected chi connectivity index (χ0v) is 14.1. The Bertz CT molecular complexity index is 901. The molecular formula is C18H15ClF2N2O2. The van der Waals surface area contributed by atoms with Gasteiger partial charge in [0.2, 0.25) is 5.91 Å². The van der Waals surface area contributed by atoms with Gasteiger partial charge in [-0.3, -0.25) is 9.59 Å². The molecule has 0 saturated heterocycles. The van der Waals surface area contributed by atoms with Gasteiger partial charge in [-0.15, -0.1) is 0 Å². The van der Waals surface area contributed by atoms with Crippen molar-refractivity contribution in [3.63, 3.8) is 0 Å². The molecule has 130 valence electrons. The maximum Gasteiger partial charge on any atom is 0.255 e. The number of benzene rings is 2. The minimum atomic E-state index is -1.14. The first kappa shape index (κ1) is 17.4. The maximum absolute atomic E-state index is 14.3. The van der Waals surface area contributed by atoms with Crippen molar-refractivity contribution in [1.82, 2.24) is 0 Å². The van der Waals surface area contributed by atoms with Crippen molar-refractivity contribution in [2.45, 2.75) is 25.2 Å². The second-order valence-corrected chi connectivity index (χ2v) is 6.64. The predicted molar refractivity (Wildman–Crippen MR) is 90.6 cm³/mol. The van der Waals surface area contributed by atoms with Crippen LogP contribution in [-0.4, -0.2) is 11.8 Å². The number of hydrogen-bond donors (Lipinski definition) is 2. The highest BCUT2D eigenvalue weighted by molar-refractivity contribution is 6.31. The summed E-state index contributed by atoms with van der Waals surface area (Å²) in [7, 11) is 0. The standard InChI is InChI=1S/C18H15ClF2N2O2/c1-18(17(22)25)7-6-10-11(3-5-14(21)15(10)18)16(24)23-9-2-4-13(20)12(19)8-9/h2-5,8H,6-7H2,1H3,(H2,22,25)(H,23,24). The number of carbonyl (C=O) groups excluding carboxylic acids is 2. The van der Waals surface area contributed by atoms with Crippen LogP contribution < -0.4 is 11.1 Å². The molecule has 2 amide bonds. The Morgan fingerprint density at radius 2 is 1.88 bits per heavy atom. The first-order chi connectivity index (χ1) is 11.7. The molecule has 2 aromatic rings. The van der Waals surface area contributed by atoms with Gasteiger partial charge in [-0.1, -0.05) is 11.6 Å². The Morgan fingerprint density at radius 3 is 2.52 bits per heavy atom. The van der Waals surface area contributed by atoms with Crippen LogP contribution in [-0.2, 0) is 16.6 Å². The first-order valence-corrected chi connectivity index (χ1v) is 8.00. The highest BCUT2D eigenvalue weighted by Gasteiger charge is 2.43. The molecule has 0 aromatic heterocycles. The second kappa shape index (κ2) is 6.11. The third kappa shape index (κ3) is 2.87. The Hall–Kier alpha value is -2.47. The van der Waals surface area contributed by atoms with Gasteiger partial charge in [-0.25, -0.2) is 8.78 Å². The Kier molecular flexibility index (Phi) is 4.24. The Balaban J connectivity index is 1.99. The zero-order valence-electron chi connectivity index (χ0n) is 13.3. The van der Waals surface area contributed by atoms with E-state index in [2.05, 4.69) is 5.32 Å². The molecule has 4 nitrogen and oxygen atoms in total. The van der Waals surface area contributed by atoms with E-state index in [1.165, 1.54) is 18.2 Å². The molecule has 2 aromatic carbocycles. The van der Waals surface area contributed by atoms with Crippen molar-refractivity contribution in [3.8, 4) is 0 Å². The number of primary amides is 1. The van der Waals surface area contributed by atoms with Crippen LogP contribution in [0.3, 0.4) is 0 Å². The fraction of sp³-hybridized carbons (Fsp3) is 0.222. The molecule has 7 heteroatoms. The lowest BCUT2D eigenvalue weighted by Crippen LogP contribution is -2.37. The van der Waals surface area contributed by atoms with Crippen LogP contribution >= 0.6 is 11.6 Å². The summed E-state index contributed by atoms with van der Waals surface area (Å²) >= 11 is 5.70. The number of nitrogens with two attached hydrogens (primary N) is 1. The number of anilines is 1. The highest BCUT2D eigenvalue weighted by Crippen LogP contribution is 2.41. The summed E-state index contributed by atoms with van der Waals surface area (Å²) < 4.78 is 27.5. The topological polar surface area (TPSA) is 72.2 Å². The van der Waals surface area contributed by atoms with Crippen LogP contribution in [0.25, 0.3) is 0 Å². The van der Waals surface area contributed by atoms with E-state index in [1.807, 2.05) is 0 Å². The van der Waals surface area contributed by atoms with Gasteiger partial charge in [-0.2, -0.15) is 0 Å².